The van der Waals surface area contributed by atoms with Gasteiger partial charge >= 0.3 is 5.97 Å². The van der Waals surface area contributed by atoms with E-state index < -0.39 is 5.97 Å². The largest absolute Gasteiger partial charge is 0.481 e. The number of fused-ring (bicyclic) bond motifs is 1. The Morgan fingerprint density at radius 1 is 1.35 bits per heavy atom. The second-order valence-corrected chi connectivity index (χ2v) is 5.98. The molecule has 0 saturated carbocycles. The number of carboxylic acids is 1. The van der Waals surface area contributed by atoms with Crippen LogP contribution in [0.5, 0.6) is 0 Å². The smallest absolute Gasteiger partial charge is 0.308 e. The van der Waals surface area contributed by atoms with E-state index in [1.807, 2.05) is 18.2 Å². The molecule has 4 heteroatoms. The summed E-state index contributed by atoms with van der Waals surface area (Å²) in [4.78, 5) is 13.5. The Morgan fingerprint density at radius 3 is 2.95 bits per heavy atom. The molecule has 0 saturated heterocycles. The molecular formula is C16H17NO2S. The van der Waals surface area contributed by atoms with Gasteiger partial charge in [0.2, 0.25) is 0 Å². The molecule has 0 radical (unpaired) electrons. The zero-order valence-corrected chi connectivity index (χ0v) is 12.0. The third-order valence-electron chi connectivity index (χ3n) is 3.84. The van der Waals surface area contributed by atoms with Crippen LogP contribution < -0.4 is 4.90 Å². The number of anilines is 1. The molecule has 1 aromatic heterocycles. The SMILES string of the molecule is O=C(O)C1Cc2ccccc2N(CCc2ccsc2)C1. The van der Waals surface area contributed by atoms with Crippen molar-refractivity contribution in [3.8, 4) is 0 Å². The zero-order valence-electron chi connectivity index (χ0n) is 11.2. The molecule has 1 aromatic carbocycles. The van der Waals surface area contributed by atoms with Gasteiger partial charge in [0.1, 0.15) is 0 Å². The maximum Gasteiger partial charge on any atom is 0.308 e. The highest BCUT2D eigenvalue weighted by molar-refractivity contribution is 7.07. The Morgan fingerprint density at radius 2 is 2.20 bits per heavy atom. The monoisotopic (exact) mass is 287 g/mol. The van der Waals surface area contributed by atoms with Crippen molar-refractivity contribution in [2.24, 2.45) is 5.92 Å². The number of hydrogen-bond donors (Lipinski definition) is 1. The molecule has 1 aliphatic heterocycles. The summed E-state index contributed by atoms with van der Waals surface area (Å²) in [6.45, 7) is 1.48. The number of thiophene rings is 1. The highest BCUT2D eigenvalue weighted by Gasteiger charge is 2.28. The summed E-state index contributed by atoms with van der Waals surface area (Å²) in [5.41, 5.74) is 3.67. The van der Waals surface area contributed by atoms with Gasteiger partial charge in [-0.1, -0.05) is 18.2 Å². The van der Waals surface area contributed by atoms with E-state index in [0.717, 1.165) is 18.5 Å². The number of hydrogen-bond acceptors (Lipinski definition) is 3. The van der Waals surface area contributed by atoms with Crippen LogP contribution in [0.1, 0.15) is 11.1 Å². The normalized spacial score (nSPS) is 17.8. The molecule has 1 N–H and O–H groups in total. The second kappa shape index (κ2) is 5.67. The zero-order chi connectivity index (χ0) is 13.9. The minimum absolute atomic E-state index is 0.299. The highest BCUT2D eigenvalue weighted by atomic mass is 32.1. The molecule has 0 aliphatic carbocycles. The van der Waals surface area contributed by atoms with Gasteiger partial charge in [0.05, 0.1) is 5.92 Å². The lowest BCUT2D eigenvalue weighted by Gasteiger charge is -2.34. The van der Waals surface area contributed by atoms with Crippen molar-refractivity contribution in [1.29, 1.82) is 0 Å². The molecule has 104 valence electrons. The predicted octanol–water partition coefficient (Wildman–Crippen LogP) is 3.05. The van der Waals surface area contributed by atoms with Crippen LogP contribution in [0.15, 0.2) is 41.1 Å². The maximum atomic E-state index is 11.3. The number of nitrogens with zero attached hydrogens (tertiary/aromatic N) is 1. The molecule has 0 fully saturated rings. The van der Waals surface area contributed by atoms with Crippen LogP contribution in [0.2, 0.25) is 0 Å². The summed E-state index contributed by atoms with van der Waals surface area (Å²) in [6, 6.07) is 10.3. The van der Waals surface area contributed by atoms with Crippen molar-refractivity contribution >= 4 is 23.0 Å². The summed E-state index contributed by atoms with van der Waals surface area (Å²) in [7, 11) is 0. The first-order chi connectivity index (χ1) is 9.74. The van der Waals surface area contributed by atoms with E-state index in [2.05, 4.69) is 27.8 Å². The van der Waals surface area contributed by atoms with Gasteiger partial charge < -0.3 is 10.0 Å². The Kier molecular flexibility index (Phi) is 3.74. The highest BCUT2D eigenvalue weighted by Crippen LogP contribution is 2.29. The quantitative estimate of drug-likeness (QED) is 0.939. The van der Waals surface area contributed by atoms with Crippen LogP contribution in [-0.2, 0) is 17.6 Å². The van der Waals surface area contributed by atoms with Crippen molar-refractivity contribution in [1.82, 2.24) is 0 Å². The van der Waals surface area contributed by atoms with E-state index in [1.54, 1.807) is 11.3 Å². The first-order valence-corrected chi connectivity index (χ1v) is 7.75. The number of para-hydroxylation sites is 1. The van der Waals surface area contributed by atoms with Crippen molar-refractivity contribution in [2.75, 3.05) is 18.0 Å². The molecule has 3 nitrogen and oxygen atoms in total. The van der Waals surface area contributed by atoms with E-state index in [1.165, 1.54) is 11.3 Å². The molecule has 1 atom stereocenters. The van der Waals surface area contributed by atoms with Gasteiger partial charge in [0.15, 0.2) is 0 Å². The van der Waals surface area contributed by atoms with Gasteiger partial charge in [0.25, 0.3) is 0 Å². The fourth-order valence-corrected chi connectivity index (χ4v) is 3.47. The van der Waals surface area contributed by atoms with E-state index >= 15 is 0 Å². The fraction of sp³-hybridized carbons (Fsp3) is 0.312. The first kappa shape index (κ1) is 13.2. The summed E-state index contributed by atoms with van der Waals surface area (Å²) < 4.78 is 0. The minimum atomic E-state index is -0.694. The third-order valence-corrected chi connectivity index (χ3v) is 4.57. The number of rotatable bonds is 4. The number of benzene rings is 1. The van der Waals surface area contributed by atoms with E-state index in [4.69, 9.17) is 0 Å². The summed E-state index contributed by atoms with van der Waals surface area (Å²) in [6.07, 6.45) is 1.60. The summed E-state index contributed by atoms with van der Waals surface area (Å²) in [5.74, 6) is -0.993. The minimum Gasteiger partial charge on any atom is -0.481 e. The van der Waals surface area contributed by atoms with Crippen molar-refractivity contribution in [2.45, 2.75) is 12.8 Å². The van der Waals surface area contributed by atoms with E-state index in [9.17, 15) is 9.90 Å². The molecule has 0 amide bonds. The third kappa shape index (κ3) is 2.70. The van der Waals surface area contributed by atoms with Crippen LogP contribution in [0, 0.1) is 5.92 Å². The molecule has 3 rings (SSSR count). The lowest BCUT2D eigenvalue weighted by molar-refractivity contribution is -0.141. The topological polar surface area (TPSA) is 40.5 Å². The lowest BCUT2D eigenvalue weighted by atomic mass is 9.92. The molecular weight excluding hydrogens is 270 g/mol. The molecule has 1 unspecified atom stereocenters. The van der Waals surface area contributed by atoms with Crippen LogP contribution in [0.4, 0.5) is 5.69 Å². The molecule has 2 heterocycles. The van der Waals surface area contributed by atoms with Crippen molar-refractivity contribution < 1.29 is 9.90 Å². The molecule has 2 aromatic rings. The number of carbonyl (C=O) groups is 1. The standard InChI is InChI=1S/C16H17NO2S/c18-16(19)14-9-13-3-1-2-4-15(13)17(10-14)7-5-12-6-8-20-11-12/h1-4,6,8,11,14H,5,7,9-10H2,(H,18,19). The average molecular weight is 287 g/mol. The van der Waals surface area contributed by atoms with Gasteiger partial charge in [-0.3, -0.25) is 4.79 Å². The van der Waals surface area contributed by atoms with E-state index in [-0.39, 0.29) is 5.92 Å². The molecule has 20 heavy (non-hydrogen) atoms. The van der Waals surface area contributed by atoms with E-state index in [0.29, 0.717) is 13.0 Å². The van der Waals surface area contributed by atoms with Gasteiger partial charge in [-0.25, -0.2) is 0 Å². The average Bonchev–Trinajstić information content (AvgIpc) is 2.97. The Balaban J connectivity index is 1.79. The van der Waals surface area contributed by atoms with Gasteiger partial charge in [-0.15, -0.1) is 0 Å². The lowest BCUT2D eigenvalue weighted by Crippen LogP contribution is -2.39. The van der Waals surface area contributed by atoms with Crippen LogP contribution in [0.3, 0.4) is 0 Å². The molecule has 0 bridgehead atoms. The number of carboxylic acid groups (broad SMARTS) is 1. The van der Waals surface area contributed by atoms with Crippen molar-refractivity contribution in [3.63, 3.8) is 0 Å². The Hall–Kier alpha value is -1.81. The maximum absolute atomic E-state index is 11.3. The van der Waals surface area contributed by atoms with Crippen LogP contribution in [0.25, 0.3) is 0 Å². The summed E-state index contributed by atoms with van der Waals surface area (Å²) in [5, 5.41) is 13.5. The Labute approximate surface area is 122 Å². The van der Waals surface area contributed by atoms with Crippen molar-refractivity contribution in [3.05, 3.63) is 52.2 Å². The van der Waals surface area contributed by atoms with Gasteiger partial charge in [-0.2, -0.15) is 11.3 Å². The van der Waals surface area contributed by atoms with Crippen LogP contribution >= 0.6 is 11.3 Å². The summed E-state index contributed by atoms with van der Waals surface area (Å²) >= 11 is 1.70. The fourth-order valence-electron chi connectivity index (χ4n) is 2.76. The van der Waals surface area contributed by atoms with Gasteiger partial charge in [-0.05, 0) is 46.9 Å². The predicted molar refractivity (Wildman–Crippen MR) is 81.5 cm³/mol. The first-order valence-electron chi connectivity index (χ1n) is 6.81. The number of aliphatic carboxylic acids is 1. The molecule has 1 aliphatic rings. The van der Waals surface area contributed by atoms with Crippen LogP contribution in [-0.4, -0.2) is 24.2 Å². The van der Waals surface area contributed by atoms with Gasteiger partial charge in [0, 0.05) is 18.8 Å². The Bertz CT molecular complexity index is 594. The molecule has 0 spiro atoms. The second-order valence-electron chi connectivity index (χ2n) is 5.20.